The second-order valence-corrected chi connectivity index (χ2v) is 9.83. The van der Waals surface area contributed by atoms with Crippen LogP contribution in [0.1, 0.15) is 20.8 Å². The van der Waals surface area contributed by atoms with Crippen LogP contribution in [-0.4, -0.2) is 34.9 Å². The Morgan fingerprint density at radius 1 is 1.12 bits per heavy atom. The molecule has 32 heavy (non-hydrogen) atoms. The number of carbonyl (C=O) groups is 1. The van der Waals surface area contributed by atoms with E-state index in [2.05, 4.69) is 15.5 Å². The molecule has 4 aromatic rings. The van der Waals surface area contributed by atoms with E-state index >= 15 is 0 Å². The minimum absolute atomic E-state index is 0.0284. The molecule has 0 fully saturated rings. The number of fused-ring (bicyclic) bond motifs is 1. The van der Waals surface area contributed by atoms with Gasteiger partial charge in [-0.1, -0.05) is 18.2 Å². The first kappa shape index (κ1) is 21.6. The number of sulfonamides is 1. The van der Waals surface area contributed by atoms with E-state index < -0.39 is 21.7 Å². The van der Waals surface area contributed by atoms with Crippen LogP contribution in [0.25, 0.3) is 22.2 Å². The first-order valence-electron chi connectivity index (χ1n) is 9.80. The van der Waals surface area contributed by atoms with Crippen LogP contribution in [0.5, 0.6) is 0 Å². The number of hydrogen-bond acceptors (Lipinski definition) is 6. The van der Waals surface area contributed by atoms with Crippen LogP contribution >= 0.6 is 0 Å². The Bertz CT molecular complexity index is 1400. The van der Waals surface area contributed by atoms with Gasteiger partial charge in [0.1, 0.15) is 5.60 Å². The number of H-pyrrole nitrogens is 1. The molecule has 2 aromatic heterocycles. The van der Waals surface area contributed by atoms with Crippen molar-refractivity contribution in [3.05, 3.63) is 60.8 Å². The van der Waals surface area contributed by atoms with Crippen molar-refractivity contribution in [1.29, 1.82) is 0 Å². The maximum atomic E-state index is 12.7. The number of nitrogens with zero attached hydrogens (tertiary/aromatic N) is 2. The van der Waals surface area contributed by atoms with Crippen LogP contribution in [0, 0.1) is 0 Å². The van der Waals surface area contributed by atoms with E-state index in [-0.39, 0.29) is 4.90 Å². The van der Waals surface area contributed by atoms with Gasteiger partial charge in [-0.05, 0) is 51.1 Å². The maximum absolute atomic E-state index is 12.7. The molecule has 0 radical (unpaired) electrons. The Morgan fingerprint density at radius 2 is 1.81 bits per heavy atom. The molecule has 2 aromatic carbocycles. The number of primary sulfonamides is 1. The predicted octanol–water partition coefficient (Wildman–Crippen LogP) is 4.21. The lowest BCUT2D eigenvalue weighted by atomic mass is 10.1. The summed E-state index contributed by atoms with van der Waals surface area (Å²) >= 11 is 0. The molecule has 166 valence electrons. The molecule has 4 rings (SSSR count). The third-order valence-corrected chi connectivity index (χ3v) is 5.55. The Kier molecular flexibility index (Phi) is 5.27. The van der Waals surface area contributed by atoms with E-state index in [4.69, 9.17) is 9.88 Å². The average molecular weight is 454 g/mol. The molecule has 10 heteroatoms. The second kappa shape index (κ2) is 7.81. The Morgan fingerprint density at radius 3 is 2.47 bits per heavy atom. The summed E-state index contributed by atoms with van der Waals surface area (Å²) in [7, 11) is -3.75. The van der Waals surface area contributed by atoms with Gasteiger partial charge in [-0.2, -0.15) is 5.10 Å². The zero-order chi connectivity index (χ0) is 23.1. The Hall–Kier alpha value is -3.63. The van der Waals surface area contributed by atoms with Crippen LogP contribution < -0.4 is 10.5 Å². The van der Waals surface area contributed by atoms with E-state index in [9.17, 15) is 13.2 Å². The number of anilines is 2. The molecule has 0 aliphatic rings. The Balaban J connectivity index is 1.64. The highest BCUT2D eigenvalue weighted by Crippen LogP contribution is 2.31. The summed E-state index contributed by atoms with van der Waals surface area (Å²) in [5.74, 6) is 0.525. The molecule has 0 bridgehead atoms. The number of hydrogen-bond donors (Lipinski definition) is 3. The Labute approximate surface area is 185 Å². The third-order valence-electron chi connectivity index (χ3n) is 4.63. The van der Waals surface area contributed by atoms with E-state index in [1.807, 2.05) is 45.0 Å². The zero-order valence-electron chi connectivity index (χ0n) is 17.8. The SMILES string of the molecule is CC(C)(C)OC(=O)n1cc(-c2cc(Nc3ccc(S(N)(=O)=O)cc3)n[nH]2)c2ccccc21. The molecule has 9 nitrogen and oxygen atoms in total. The van der Waals surface area contributed by atoms with E-state index in [1.54, 1.807) is 24.4 Å². The molecular formula is C22H23N5O4S. The van der Waals surface area contributed by atoms with Gasteiger partial charge in [0.2, 0.25) is 10.0 Å². The summed E-state index contributed by atoms with van der Waals surface area (Å²) in [4.78, 5) is 12.7. The second-order valence-electron chi connectivity index (χ2n) is 8.27. The van der Waals surface area contributed by atoms with Crippen molar-refractivity contribution in [3.63, 3.8) is 0 Å². The summed E-state index contributed by atoms with van der Waals surface area (Å²) in [5, 5.41) is 16.4. The molecule has 0 saturated heterocycles. The first-order chi connectivity index (χ1) is 15.0. The molecule has 2 heterocycles. The highest BCUT2D eigenvalue weighted by molar-refractivity contribution is 7.89. The lowest BCUT2D eigenvalue weighted by Gasteiger charge is -2.19. The average Bonchev–Trinajstić information content (AvgIpc) is 3.31. The molecule has 0 unspecified atom stereocenters. The fourth-order valence-electron chi connectivity index (χ4n) is 3.26. The fourth-order valence-corrected chi connectivity index (χ4v) is 3.77. The van der Waals surface area contributed by atoms with Gasteiger partial charge in [0.05, 0.1) is 16.1 Å². The van der Waals surface area contributed by atoms with E-state index in [0.717, 1.165) is 16.5 Å². The smallest absolute Gasteiger partial charge is 0.419 e. The molecule has 0 amide bonds. The summed E-state index contributed by atoms with van der Waals surface area (Å²) in [6, 6.07) is 15.4. The lowest BCUT2D eigenvalue weighted by molar-refractivity contribution is 0.0544. The van der Waals surface area contributed by atoms with Gasteiger partial charge in [-0.3, -0.25) is 9.67 Å². The molecule has 0 aliphatic carbocycles. The maximum Gasteiger partial charge on any atom is 0.419 e. The van der Waals surface area contributed by atoms with Crippen LogP contribution in [-0.2, 0) is 14.8 Å². The molecular weight excluding hydrogens is 430 g/mol. The van der Waals surface area contributed by atoms with Gasteiger partial charge in [0.25, 0.3) is 0 Å². The molecule has 0 atom stereocenters. The number of para-hydroxylation sites is 1. The topological polar surface area (TPSA) is 132 Å². The summed E-state index contributed by atoms with van der Waals surface area (Å²) in [6.07, 6.45) is 1.25. The van der Waals surface area contributed by atoms with Crippen LogP contribution in [0.4, 0.5) is 16.3 Å². The number of ether oxygens (including phenoxy) is 1. The standard InChI is InChI=1S/C22H23N5O4S/c1-22(2,3)31-21(28)27-13-17(16-6-4-5-7-19(16)27)18-12-20(26-25-18)24-14-8-10-15(11-9-14)32(23,29)30/h4-13H,1-3H3,(H2,23,29,30)(H2,24,25,26). The number of nitrogens with one attached hydrogen (secondary N) is 2. The minimum atomic E-state index is -3.75. The summed E-state index contributed by atoms with van der Waals surface area (Å²) in [6.45, 7) is 5.46. The number of rotatable bonds is 4. The fraction of sp³-hybridized carbons (Fsp3) is 0.182. The zero-order valence-corrected chi connectivity index (χ0v) is 18.6. The summed E-state index contributed by atoms with van der Waals surface area (Å²) < 4.78 is 29.8. The van der Waals surface area contributed by atoms with Crippen molar-refractivity contribution in [2.24, 2.45) is 5.14 Å². The van der Waals surface area contributed by atoms with Gasteiger partial charge in [0.15, 0.2) is 5.82 Å². The summed E-state index contributed by atoms with van der Waals surface area (Å²) in [5.41, 5.74) is 2.24. The number of carbonyl (C=O) groups excluding carboxylic acids is 1. The monoisotopic (exact) mass is 453 g/mol. The minimum Gasteiger partial charge on any atom is -0.443 e. The first-order valence-corrected chi connectivity index (χ1v) is 11.3. The van der Waals surface area contributed by atoms with E-state index in [1.165, 1.54) is 16.7 Å². The van der Waals surface area contributed by atoms with Crippen molar-refractivity contribution in [2.75, 3.05) is 5.32 Å². The van der Waals surface area contributed by atoms with Crippen molar-refractivity contribution < 1.29 is 17.9 Å². The molecule has 0 aliphatic heterocycles. The van der Waals surface area contributed by atoms with Crippen molar-refractivity contribution >= 4 is 38.5 Å². The van der Waals surface area contributed by atoms with Gasteiger partial charge in [-0.25, -0.2) is 18.4 Å². The quantitative estimate of drug-likeness (QED) is 0.424. The van der Waals surface area contributed by atoms with Crippen LogP contribution in [0.2, 0.25) is 0 Å². The highest BCUT2D eigenvalue weighted by Gasteiger charge is 2.21. The van der Waals surface area contributed by atoms with Gasteiger partial charge in [-0.15, -0.1) is 0 Å². The molecule has 4 N–H and O–H groups in total. The van der Waals surface area contributed by atoms with Gasteiger partial charge >= 0.3 is 6.09 Å². The number of aromatic amines is 1. The normalized spacial score (nSPS) is 12.1. The largest absolute Gasteiger partial charge is 0.443 e. The van der Waals surface area contributed by atoms with Gasteiger partial charge in [0, 0.05) is 28.9 Å². The molecule has 0 spiro atoms. The van der Waals surface area contributed by atoms with Crippen LogP contribution in [0.3, 0.4) is 0 Å². The van der Waals surface area contributed by atoms with Gasteiger partial charge < -0.3 is 10.1 Å². The molecule has 0 saturated carbocycles. The van der Waals surface area contributed by atoms with Crippen molar-refractivity contribution in [2.45, 2.75) is 31.3 Å². The lowest BCUT2D eigenvalue weighted by Crippen LogP contribution is -2.26. The van der Waals surface area contributed by atoms with E-state index in [0.29, 0.717) is 17.2 Å². The van der Waals surface area contributed by atoms with Crippen molar-refractivity contribution in [3.8, 4) is 11.3 Å². The number of nitrogens with two attached hydrogens (primary N) is 1. The van der Waals surface area contributed by atoms with Crippen molar-refractivity contribution in [1.82, 2.24) is 14.8 Å². The number of benzene rings is 2. The number of aromatic nitrogens is 3. The van der Waals surface area contributed by atoms with Crippen LogP contribution in [0.15, 0.2) is 65.7 Å². The highest BCUT2D eigenvalue weighted by atomic mass is 32.2. The third kappa shape index (κ3) is 4.51. The predicted molar refractivity (Wildman–Crippen MR) is 122 cm³/mol.